The van der Waals surface area contributed by atoms with Crippen molar-refractivity contribution < 1.29 is 35.5 Å². The van der Waals surface area contributed by atoms with Gasteiger partial charge in [-0.15, -0.1) is 0 Å². The minimum Gasteiger partial charge on any atom is -0.748 e. The molecule has 0 bridgehead atoms. The van der Waals surface area contributed by atoms with E-state index in [1.165, 1.54) is 112 Å². The van der Waals surface area contributed by atoms with Gasteiger partial charge in [0.1, 0.15) is 0 Å². The van der Waals surface area contributed by atoms with Gasteiger partial charge in [0.05, 0.1) is 20.2 Å². The summed E-state index contributed by atoms with van der Waals surface area (Å²) >= 11 is 0. The van der Waals surface area contributed by atoms with Gasteiger partial charge in [-0.1, -0.05) is 116 Å². The molecule has 0 heterocycles. The van der Waals surface area contributed by atoms with Gasteiger partial charge in [0, 0.05) is 38.7 Å². The molecule has 0 unspecified atom stereocenters. The molecule has 0 saturated heterocycles. The summed E-state index contributed by atoms with van der Waals surface area (Å²) in [6.45, 7) is 5.00. The van der Waals surface area contributed by atoms with Crippen molar-refractivity contribution in [2.24, 2.45) is 0 Å². The van der Waals surface area contributed by atoms with Crippen LogP contribution in [0, 0.1) is 0 Å². The number of allylic oxidation sites excluding steroid dienone is 2. The Hall–Kier alpha value is -0.500. The molecule has 10 nitrogen and oxygen atoms in total. The molecule has 272 valence electrons. The number of likely N-dealkylation sites (N-methyl/N-ethyl adjacent to an activating group) is 2. The Morgan fingerprint density at radius 1 is 0.511 bits per heavy atom. The number of hydrogen-bond acceptors (Lipinski definition) is 8. The minimum absolute atomic E-state index is 0. The molecule has 0 atom stereocenters. The summed E-state index contributed by atoms with van der Waals surface area (Å²) in [6, 6.07) is 0. The first kappa shape index (κ1) is 50.9. The second-order valence-electron chi connectivity index (χ2n) is 12.1. The first-order valence-corrected chi connectivity index (χ1v) is 20.6. The first-order valence-electron chi connectivity index (χ1n) is 17.4. The Labute approximate surface area is 318 Å². The maximum atomic E-state index is 11.7. The molecule has 0 fully saturated rings. The number of carbonyl (C=O) groups excluding carboxylic acids is 2. The van der Waals surface area contributed by atoms with E-state index < -0.39 is 31.7 Å². The van der Waals surface area contributed by atoms with Gasteiger partial charge in [0.25, 0.3) is 0 Å². The quantitative estimate of drug-likeness (QED) is 0.0380. The Balaban J connectivity index is -0.000000807. The third kappa shape index (κ3) is 41.6. The van der Waals surface area contributed by atoms with Crippen LogP contribution in [0.1, 0.15) is 142 Å². The van der Waals surface area contributed by atoms with Crippen LogP contribution in [0.2, 0.25) is 0 Å². The zero-order chi connectivity index (χ0) is 35.1. The molecule has 0 aliphatic carbocycles. The Bertz CT molecular complexity index is 953. The second-order valence-corrected chi connectivity index (χ2v) is 15.1. The summed E-state index contributed by atoms with van der Waals surface area (Å²) < 4.78 is 62.9. The summed E-state index contributed by atoms with van der Waals surface area (Å²) in [5.74, 6) is -1.14. The van der Waals surface area contributed by atoms with Gasteiger partial charge in [-0.3, -0.25) is 9.59 Å². The molecule has 0 spiro atoms. The molecule has 47 heavy (non-hydrogen) atoms. The molecule has 0 saturated carbocycles. The fourth-order valence-corrected chi connectivity index (χ4v) is 5.56. The third-order valence-corrected chi connectivity index (χ3v) is 9.08. The molecule has 0 aromatic carbocycles. The van der Waals surface area contributed by atoms with Gasteiger partial charge in [-0.05, 0) is 50.7 Å². The topological polar surface area (TPSA) is 155 Å². The van der Waals surface area contributed by atoms with Crippen molar-refractivity contribution in [2.75, 3.05) is 38.7 Å². The average Bonchev–Trinajstić information content (AvgIpc) is 2.97. The monoisotopic (exact) mass is 732 g/mol. The molecule has 13 heteroatoms. The van der Waals surface area contributed by atoms with Crippen LogP contribution in [-0.2, 0) is 29.8 Å². The van der Waals surface area contributed by atoms with Gasteiger partial charge in [-0.25, -0.2) is 16.8 Å². The van der Waals surface area contributed by atoms with Crippen molar-refractivity contribution in [1.82, 2.24) is 9.80 Å². The summed E-state index contributed by atoms with van der Waals surface area (Å²) in [5, 5.41) is 0. The average molecular weight is 733 g/mol. The van der Waals surface area contributed by atoms with Crippen LogP contribution in [0.15, 0.2) is 24.3 Å². The molecule has 0 aliphatic heterocycles. The van der Waals surface area contributed by atoms with Crippen molar-refractivity contribution in [2.45, 2.75) is 142 Å². The van der Waals surface area contributed by atoms with Gasteiger partial charge in [0.2, 0.25) is 11.8 Å². The molecular weight excluding hydrogens is 669 g/mol. The van der Waals surface area contributed by atoms with Crippen molar-refractivity contribution >= 4 is 69.8 Å². The Kier molecular flexibility index (Phi) is 36.8. The van der Waals surface area contributed by atoms with E-state index in [0.29, 0.717) is 0 Å². The molecule has 0 aromatic rings. The predicted octanol–water partition coefficient (Wildman–Crippen LogP) is 6.55. The number of carbonyl (C=O) groups is 2. The first-order chi connectivity index (χ1) is 21.7. The normalized spacial score (nSPS) is 11.7. The van der Waals surface area contributed by atoms with Crippen LogP contribution >= 0.6 is 0 Å². The number of unbranched alkanes of at least 4 members (excludes halogenated alkanes) is 16. The third-order valence-electron chi connectivity index (χ3n) is 7.50. The van der Waals surface area contributed by atoms with Crippen molar-refractivity contribution in [3.8, 4) is 0 Å². The van der Waals surface area contributed by atoms with E-state index in [0.717, 1.165) is 25.7 Å². The van der Waals surface area contributed by atoms with Crippen molar-refractivity contribution in [3.63, 3.8) is 0 Å². The molecule has 0 aromatic heterocycles. The van der Waals surface area contributed by atoms with E-state index in [-0.39, 0.29) is 75.5 Å². The molecule has 0 N–H and O–H groups in total. The largest absolute Gasteiger partial charge is 2.00 e. The van der Waals surface area contributed by atoms with Crippen LogP contribution in [-0.4, -0.2) is 124 Å². The molecule has 0 radical (unpaired) electrons. The number of hydrogen-bond donors (Lipinski definition) is 0. The van der Waals surface area contributed by atoms with Gasteiger partial charge in [-0.2, -0.15) is 0 Å². The van der Waals surface area contributed by atoms with Crippen LogP contribution in [0.4, 0.5) is 0 Å². The second kappa shape index (κ2) is 34.0. The zero-order valence-electron chi connectivity index (χ0n) is 30.0. The summed E-state index contributed by atoms with van der Waals surface area (Å²) in [4.78, 5) is 26.4. The number of amides is 2. The van der Waals surface area contributed by atoms with Crippen LogP contribution in [0.3, 0.4) is 0 Å². The summed E-state index contributed by atoms with van der Waals surface area (Å²) in [7, 11) is -5.15. The molecule has 2 amide bonds. The van der Waals surface area contributed by atoms with E-state index >= 15 is 0 Å². The molecule has 0 rings (SSSR count). The predicted molar refractivity (Wildman–Crippen MR) is 192 cm³/mol. The SMILES string of the molecule is CCCCCCCCCC/C=C/C(=O)N(C)CCCS(=O)(=O)[O-].CCCCCCCCCC/C=C/C(=O)N(C)CCCS(=O)(=O)[O-].[Ca+2]. The van der Waals surface area contributed by atoms with Crippen molar-refractivity contribution in [1.29, 1.82) is 0 Å². The minimum atomic E-state index is -4.19. The van der Waals surface area contributed by atoms with E-state index in [1.807, 2.05) is 12.2 Å². The zero-order valence-corrected chi connectivity index (χ0v) is 33.8. The maximum absolute atomic E-state index is 11.7. The summed E-state index contributed by atoms with van der Waals surface area (Å²) in [5.41, 5.74) is 0. The van der Waals surface area contributed by atoms with Gasteiger partial charge >= 0.3 is 37.7 Å². The van der Waals surface area contributed by atoms with Gasteiger partial charge < -0.3 is 18.9 Å². The number of nitrogens with zero attached hydrogens (tertiary/aromatic N) is 2. The Morgan fingerprint density at radius 2 is 0.787 bits per heavy atom. The fraction of sp³-hybridized carbons (Fsp3) is 0.824. The van der Waals surface area contributed by atoms with E-state index in [4.69, 9.17) is 0 Å². The summed E-state index contributed by atoms with van der Waals surface area (Å²) in [6.07, 6.45) is 29.2. The smallest absolute Gasteiger partial charge is 0.748 e. The molecular formula is C34H64CaN2O8S2. The van der Waals surface area contributed by atoms with Gasteiger partial charge in [0.15, 0.2) is 0 Å². The fourth-order valence-electron chi connectivity index (χ4n) is 4.59. The van der Waals surface area contributed by atoms with Crippen LogP contribution in [0.5, 0.6) is 0 Å². The van der Waals surface area contributed by atoms with E-state index in [2.05, 4.69) is 13.8 Å². The Morgan fingerprint density at radius 3 is 1.06 bits per heavy atom. The van der Waals surface area contributed by atoms with Crippen LogP contribution < -0.4 is 0 Å². The van der Waals surface area contributed by atoms with Crippen molar-refractivity contribution in [3.05, 3.63) is 24.3 Å². The number of rotatable bonds is 28. The maximum Gasteiger partial charge on any atom is 2.00 e. The van der Waals surface area contributed by atoms with E-state index in [1.54, 1.807) is 14.1 Å². The van der Waals surface area contributed by atoms with E-state index in [9.17, 15) is 35.5 Å². The van der Waals surface area contributed by atoms with Crippen LogP contribution in [0.25, 0.3) is 0 Å². The standard InChI is InChI=1S/2C17H33NO4S.Ca/c2*1-3-4-5-6-7-8-9-10-11-12-14-17(19)18(2)15-13-16-23(20,21)22;/h2*12,14H,3-11,13,15-16H2,1-2H3,(H,20,21,22);/q;;+2/p-2/b2*14-12+;. The molecule has 0 aliphatic rings.